The summed E-state index contributed by atoms with van der Waals surface area (Å²) in [4.78, 5) is 5.60. The predicted octanol–water partition coefficient (Wildman–Crippen LogP) is 3.08. The third-order valence-corrected chi connectivity index (χ3v) is 3.48. The molecule has 4 heteroatoms. The zero-order valence-corrected chi connectivity index (χ0v) is 10.1. The molecule has 2 N–H and O–H groups in total. The van der Waals surface area contributed by atoms with E-state index >= 15 is 0 Å². The highest BCUT2D eigenvalue weighted by molar-refractivity contribution is 7.15. The summed E-state index contributed by atoms with van der Waals surface area (Å²) in [6.45, 7) is 4.65. The number of nitrogens with one attached hydrogen (secondary N) is 1. The van der Waals surface area contributed by atoms with Crippen LogP contribution in [0.15, 0.2) is 24.3 Å². The third kappa shape index (κ3) is 2.33. The molecule has 0 spiro atoms. The van der Waals surface area contributed by atoms with Crippen LogP contribution in [0.5, 0.6) is 5.75 Å². The van der Waals surface area contributed by atoms with Crippen LogP contribution in [0, 0.1) is 13.8 Å². The number of anilines is 1. The maximum absolute atomic E-state index is 9.59. The topological polar surface area (TPSA) is 45.2 Å². The van der Waals surface area contributed by atoms with Gasteiger partial charge in [-0.25, -0.2) is 4.98 Å². The Bertz CT molecular complexity index is 474. The summed E-state index contributed by atoms with van der Waals surface area (Å²) in [7, 11) is 0. The number of aromatic nitrogens is 1. The molecule has 0 aliphatic carbocycles. The molecular formula is C12H14N2OS. The maximum Gasteiger partial charge on any atom is 0.183 e. The number of hydrogen-bond acceptors (Lipinski definition) is 4. The number of aryl methyl sites for hydroxylation is 2. The smallest absolute Gasteiger partial charge is 0.183 e. The second kappa shape index (κ2) is 4.53. The van der Waals surface area contributed by atoms with Crippen LogP contribution in [0.2, 0.25) is 0 Å². The van der Waals surface area contributed by atoms with Crippen molar-refractivity contribution < 1.29 is 5.11 Å². The summed E-state index contributed by atoms with van der Waals surface area (Å²) in [6.07, 6.45) is 0. The van der Waals surface area contributed by atoms with Crippen molar-refractivity contribution in [3.63, 3.8) is 0 Å². The first-order valence-electron chi connectivity index (χ1n) is 5.11. The number of rotatable bonds is 3. The molecule has 16 heavy (non-hydrogen) atoms. The first kappa shape index (κ1) is 11.0. The minimum absolute atomic E-state index is 0.319. The quantitative estimate of drug-likeness (QED) is 0.857. The summed E-state index contributed by atoms with van der Waals surface area (Å²) in [5.41, 5.74) is 1.94. The van der Waals surface area contributed by atoms with E-state index in [4.69, 9.17) is 0 Å². The minimum atomic E-state index is 0.319. The zero-order chi connectivity index (χ0) is 11.5. The van der Waals surface area contributed by atoms with Crippen molar-refractivity contribution in [3.05, 3.63) is 40.4 Å². The Kier molecular flexibility index (Phi) is 3.10. The molecule has 2 rings (SSSR count). The van der Waals surface area contributed by atoms with E-state index in [2.05, 4.69) is 17.2 Å². The molecule has 0 amide bonds. The van der Waals surface area contributed by atoms with Crippen molar-refractivity contribution in [3.8, 4) is 5.75 Å². The summed E-state index contributed by atoms with van der Waals surface area (Å²) in [6, 6.07) is 7.32. The lowest BCUT2D eigenvalue weighted by molar-refractivity contribution is 0.469. The first-order chi connectivity index (χ1) is 7.66. The summed E-state index contributed by atoms with van der Waals surface area (Å²) >= 11 is 1.64. The second-order valence-electron chi connectivity index (χ2n) is 3.64. The van der Waals surface area contributed by atoms with Crippen LogP contribution >= 0.6 is 11.3 Å². The van der Waals surface area contributed by atoms with Crippen LogP contribution in [0.3, 0.4) is 0 Å². The summed E-state index contributed by atoms with van der Waals surface area (Å²) < 4.78 is 0. The van der Waals surface area contributed by atoms with E-state index in [1.165, 1.54) is 4.88 Å². The van der Waals surface area contributed by atoms with Gasteiger partial charge in [-0.2, -0.15) is 0 Å². The van der Waals surface area contributed by atoms with Gasteiger partial charge in [0, 0.05) is 17.0 Å². The SMILES string of the molecule is Cc1nc(NCc2ccccc2O)sc1C. The Balaban J connectivity index is 2.05. The fourth-order valence-electron chi connectivity index (χ4n) is 1.38. The summed E-state index contributed by atoms with van der Waals surface area (Å²) in [5, 5.41) is 13.7. The van der Waals surface area contributed by atoms with Crippen molar-refractivity contribution >= 4 is 16.5 Å². The van der Waals surface area contributed by atoms with Gasteiger partial charge in [-0.1, -0.05) is 18.2 Å². The maximum atomic E-state index is 9.59. The lowest BCUT2D eigenvalue weighted by atomic mass is 10.2. The normalized spacial score (nSPS) is 10.4. The number of nitrogens with zero attached hydrogens (tertiary/aromatic N) is 1. The van der Waals surface area contributed by atoms with Gasteiger partial charge in [0.2, 0.25) is 0 Å². The molecule has 1 heterocycles. The molecule has 1 aromatic carbocycles. The van der Waals surface area contributed by atoms with Crippen LogP contribution in [-0.4, -0.2) is 10.1 Å². The van der Waals surface area contributed by atoms with E-state index in [1.807, 2.05) is 25.1 Å². The van der Waals surface area contributed by atoms with Crippen molar-refractivity contribution in [2.24, 2.45) is 0 Å². The number of para-hydroxylation sites is 1. The molecule has 84 valence electrons. The van der Waals surface area contributed by atoms with E-state index in [-0.39, 0.29) is 0 Å². The molecular weight excluding hydrogens is 220 g/mol. The Labute approximate surface area is 98.8 Å². The Morgan fingerprint density at radius 3 is 2.69 bits per heavy atom. The van der Waals surface area contributed by atoms with Crippen molar-refractivity contribution in [2.45, 2.75) is 20.4 Å². The van der Waals surface area contributed by atoms with Gasteiger partial charge >= 0.3 is 0 Å². The van der Waals surface area contributed by atoms with Gasteiger partial charge in [0.05, 0.1) is 5.69 Å². The number of phenols is 1. The molecule has 0 aliphatic rings. The lowest BCUT2D eigenvalue weighted by Crippen LogP contribution is -1.98. The van der Waals surface area contributed by atoms with E-state index in [9.17, 15) is 5.11 Å². The Hall–Kier alpha value is -1.55. The van der Waals surface area contributed by atoms with Gasteiger partial charge in [-0.15, -0.1) is 11.3 Å². The summed E-state index contributed by atoms with van der Waals surface area (Å²) in [5.74, 6) is 0.319. The Morgan fingerprint density at radius 1 is 1.31 bits per heavy atom. The molecule has 0 aliphatic heterocycles. The number of thiazole rings is 1. The van der Waals surface area contributed by atoms with Gasteiger partial charge in [0.25, 0.3) is 0 Å². The monoisotopic (exact) mass is 234 g/mol. The molecule has 0 bridgehead atoms. The van der Waals surface area contributed by atoms with Gasteiger partial charge in [-0.3, -0.25) is 0 Å². The molecule has 0 unspecified atom stereocenters. The van der Waals surface area contributed by atoms with Crippen LogP contribution < -0.4 is 5.32 Å². The van der Waals surface area contributed by atoms with Crippen molar-refractivity contribution in [1.82, 2.24) is 4.98 Å². The van der Waals surface area contributed by atoms with Gasteiger partial charge < -0.3 is 10.4 Å². The lowest BCUT2D eigenvalue weighted by Gasteiger charge is -2.04. The molecule has 0 fully saturated rings. The van der Waals surface area contributed by atoms with E-state index in [0.717, 1.165) is 16.4 Å². The highest BCUT2D eigenvalue weighted by Gasteiger charge is 2.04. The average Bonchev–Trinajstić information content (AvgIpc) is 2.57. The molecule has 2 aromatic rings. The second-order valence-corrected chi connectivity index (χ2v) is 4.85. The fourth-order valence-corrected chi connectivity index (χ4v) is 2.19. The molecule has 0 saturated heterocycles. The van der Waals surface area contributed by atoms with E-state index in [1.54, 1.807) is 17.4 Å². The van der Waals surface area contributed by atoms with Gasteiger partial charge in [-0.05, 0) is 19.9 Å². The number of aromatic hydroxyl groups is 1. The standard InChI is InChI=1S/C12H14N2OS/c1-8-9(2)16-12(14-8)13-7-10-5-3-4-6-11(10)15/h3-6,15H,7H2,1-2H3,(H,13,14). The molecule has 0 radical (unpaired) electrons. The molecule has 0 atom stereocenters. The largest absolute Gasteiger partial charge is 0.508 e. The highest BCUT2D eigenvalue weighted by atomic mass is 32.1. The van der Waals surface area contributed by atoms with Crippen LogP contribution in [0.4, 0.5) is 5.13 Å². The first-order valence-corrected chi connectivity index (χ1v) is 5.93. The molecule has 3 nitrogen and oxygen atoms in total. The van der Waals surface area contributed by atoms with Crippen molar-refractivity contribution in [1.29, 1.82) is 0 Å². The zero-order valence-electron chi connectivity index (χ0n) is 9.32. The van der Waals surface area contributed by atoms with Crippen LogP contribution in [-0.2, 0) is 6.54 Å². The predicted molar refractivity (Wildman–Crippen MR) is 67.0 cm³/mol. The number of benzene rings is 1. The number of phenolic OH excluding ortho intramolecular Hbond substituents is 1. The fraction of sp³-hybridized carbons (Fsp3) is 0.250. The molecule has 0 saturated carbocycles. The van der Waals surface area contributed by atoms with E-state index in [0.29, 0.717) is 12.3 Å². The van der Waals surface area contributed by atoms with Crippen LogP contribution in [0.1, 0.15) is 16.1 Å². The van der Waals surface area contributed by atoms with Crippen LogP contribution in [0.25, 0.3) is 0 Å². The minimum Gasteiger partial charge on any atom is -0.508 e. The van der Waals surface area contributed by atoms with Crippen molar-refractivity contribution in [2.75, 3.05) is 5.32 Å². The highest BCUT2D eigenvalue weighted by Crippen LogP contribution is 2.23. The Morgan fingerprint density at radius 2 is 2.06 bits per heavy atom. The van der Waals surface area contributed by atoms with E-state index < -0.39 is 0 Å². The molecule has 1 aromatic heterocycles. The van der Waals surface area contributed by atoms with Gasteiger partial charge in [0.1, 0.15) is 5.75 Å². The average molecular weight is 234 g/mol. The number of hydrogen-bond donors (Lipinski definition) is 2. The third-order valence-electron chi connectivity index (χ3n) is 2.45. The van der Waals surface area contributed by atoms with Gasteiger partial charge in [0.15, 0.2) is 5.13 Å².